The first kappa shape index (κ1) is 31.4. The average molecular weight is 629 g/mol. The fourth-order valence-corrected chi connectivity index (χ4v) is 4.55. The number of nitrogens with zero attached hydrogens (tertiary/aromatic N) is 1. The lowest BCUT2D eigenvalue weighted by molar-refractivity contribution is -0.156. The largest absolute Gasteiger partial charge is 0.494 e. The Bertz CT molecular complexity index is 1210. The van der Waals surface area contributed by atoms with Gasteiger partial charge in [-0.3, -0.25) is 9.59 Å². The van der Waals surface area contributed by atoms with E-state index in [1.807, 2.05) is 5.32 Å². The highest BCUT2D eigenvalue weighted by Gasteiger charge is 2.54. The van der Waals surface area contributed by atoms with E-state index in [2.05, 4.69) is 20.9 Å². The van der Waals surface area contributed by atoms with Gasteiger partial charge in [0.15, 0.2) is 11.6 Å². The number of rotatable bonds is 11. The van der Waals surface area contributed by atoms with Crippen LogP contribution in [0.1, 0.15) is 57.3 Å². The van der Waals surface area contributed by atoms with Crippen LogP contribution in [0.5, 0.6) is 5.75 Å². The van der Waals surface area contributed by atoms with Gasteiger partial charge in [0.2, 0.25) is 5.90 Å². The van der Waals surface area contributed by atoms with Gasteiger partial charge < -0.3 is 24.6 Å². The maximum absolute atomic E-state index is 13.6. The summed E-state index contributed by atoms with van der Waals surface area (Å²) in [6.07, 6.45) is -5.94. The molecule has 0 saturated carbocycles. The van der Waals surface area contributed by atoms with Gasteiger partial charge in [-0.2, -0.15) is 13.2 Å². The minimum Gasteiger partial charge on any atom is -0.494 e. The molecule has 1 heterocycles. The Kier molecular flexibility index (Phi) is 10.2. The molecule has 2 N–H and O–H groups in total. The number of aliphatic hydroxyl groups is 1. The molecule has 1 aliphatic rings. The molecule has 2 aromatic rings. The van der Waals surface area contributed by atoms with Crippen molar-refractivity contribution in [1.82, 2.24) is 5.32 Å². The molecule has 0 spiro atoms. The van der Waals surface area contributed by atoms with Crippen molar-refractivity contribution in [2.75, 3.05) is 19.8 Å². The number of esters is 1. The summed E-state index contributed by atoms with van der Waals surface area (Å²) < 4.78 is 57.0. The van der Waals surface area contributed by atoms with Crippen molar-refractivity contribution in [2.45, 2.75) is 63.5 Å². The van der Waals surface area contributed by atoms with Gasteiger partial charge in [0.25, 0.3) is 5.91 Å². The fourth-order valence-electron chi connectivity index (χ4n) is 4.05. The van der Waals surface area contributed by atoms with Crippen LogP contribution in [0.3, 0.4) is 0 Å². The third kappa shape index (κ3) is 8.44. The topological polar surface area (TPSA) is 106 Å². The van der Waals surface area contributed by atoms with Gasteiger partial charge in [-0.25, -0.2) is 4.99 Å². The smallest absolute Gasteiger partial charge is 0.405 e. The summed E-state index contributed by atoms with van der Waals surface area (Å²) in [6.45, 7) is 3.78. The van der Waals surface area contributed by atoms with E-state index in [1.54, 1.807) is 69.3 Å². The van der Waals surface area contributed by atoms with Crippen LogP contribution in [-0.2, 0) is 19.1 Å². The Morgan fingerprint density at radius 1 is 1.12 bits per heavy atom. The lowest BCUT2D eigenvalue weighted by atomic mass is 9.83. The lowest BCUT2D eigenvalue weighted by Crippen LogP contribution is -2.50. The molecule has 0 radical (unpaired) electrons. The van der Waals surface area contributed by atoms with E-state index in [9.17, 15) is 22.8 Å². The molecule has 0 unspecified atom stereocenters. The van der Waals surface area contributed by atoms with Gasteiger partial charge in [0.05, 0.1) is 6.61 Å². The Morgan fingerprint density at radius 2 is 1.80 bits per heavy atom. The number of alkyl halides is 3. The highest BCUT2D eigenvalue weighted by molar-refractivity contribution is 9.10. The van der Waals surface area contributed by atoms with Crippen LogP contribution < -0.4 is 10.1 Å². The van der Waals surface area contributed by atoms with Gasteiger partial charge in [0, 0.05) is 35.0 Å². The number of benzene rings is 2. The summed E-state index contributed by atoms with van der Waals surface area (Å²) >= 11 is 3.44. The summed E-state index contributed by atoms with van der Waals surface area (Å²) in [5.74, 6) is -1.12. The second-order valence-corrected chi connectivity index (χ2v) is 11.0. The highest BCUT2D eigenvalue weighted by Crippen LogP contribution is 2.45. The maximum Gasteiger partial charge on any atom is 0.405 e. The third-order valence-corrected chi connectivity index (χ3v) is 6.52. The van der Waals surface area contributed by atoms with E-state index in [1.165, 1.54) is 0 Å². The first-order valence-corrected chi connectivity index (χ1v) is 13.5. The zero-order valence-corrected chi connectivity index (χ0v) is 24.0. The number of ether oxygens (including phenoxy) is 3. The molecule has 3 rings (SSSR count). The average Bonchev–Trinajstić information content (AvgIpc) is 3.26. The maximum atomic E-state index is 13.6. The highest BCUT2D eigenvalue weighted by atomic mass is 79.9. The minimum absolute atomic E-state index is 0.0130. The number of amides is 1. The molecule has 0 aliphatic carbocycles. The number of halogens is 4. The summed E-state index contributed by atoms with van der Waals surface area (Å²) in [5, 5.41) is 10.9. The van der Waals surface area contributed by atoms with Crippen molar-refractivity contribution in [3.05, 3.63) is 64.1 Å². The number of hydrogen-bond acceptors (Lipinski definition) is 7. The normalized spacial score (nSPS) is 19.0. The van der Waals surface area contributed by atoms with E-state index in [0.29, 0.717) is 34.4 Å². The summed E-state index contributed by atoms with van der Waals surface area (Å²) in [5.41, 5.74) is -1.80. The third-order valence-electron chi connectivity index (χ3n) is 5.80. The van der Waals surface area contributed by atoms with Crippen LogP contribution in [0.4, 0.5) is 13.2 Å². The van der Waals surface area contributed by atoms with E-state index in [0.717, 1.165) is 0 Å². The van der Waals surface area contributed by atoms with E-state index >= 15 is 0 Å². The molecule has 0 aromatic heterocycles. The molecular weight excluding hydrogens is 597 g/mol. The van der Waals surface area contributed by atoms with E-state index < -0.39 is 41.8 Å². The van der Waals surface area contributed by atoms with Gasteiger partial charge in [-0.1, -0.05) is 34.1 Å². The van der Waals surface area contributed by atoms with Gasteiger partial charge in [-0.05, 0) is 57.5 Å². The van der Waals surface area contributed by atoms with Crippen molar-refractivity contribution >= 4 is 33.7 Å². The number of aliphatic hydroxyl groups excluding tert-OH is 1. The quantitative estimate of drug-likeness (QED) is 0.259. The van der Waals surface area contributed by atoms with Crippen molar-refractivity contribution in [3.63, 3.8) is 0 Å². The fraction of sp³-hybridized carbons (Fsp3) is 0.464. The molecule has 0 bridgehead atoms. The molecule has 40 heavy (non-hydrogen) atoms. The predicted molar refractivity (Wildman–Crippen MR) is 145 cm³/mol. The predicted octanol–water partition coefficient (Wildman–Crippen LogP) is 5.27. The van der Waals surface area contributed by atoms with Crippen molar-refractivity contribution in [2.24, 2.45) is 4.99 Å². The zero-order chi connectivity index (χ0) is 29.6. The Labute approximate surface area is 239 Å². The second kappa shape index (κ2) is 13.0. The Hall–Kier alpha value is -3.12. The minimum atomic E-state index is -4.66. The van der Waals surface area contributed by atoms with Crippen LogP contribution >= 0.6 is 15.9 Å². The van der Waals surface area contributed by atoms with Crippen LogP contribution in [0.15, 0.2) is 58.0 Å². The monoisotopic (exact) mass is 628 g/mol. The van der Waals surface area contributed by atoms with Crippen molar-refractivity contribution < 1.29 is 42.1 Å². The van der Waals surface area contributed by atoms with Crippen LogP contribution in [0, 0.1) is 0 Å². The van der Waals surface area contributed by atoms with Crippen molar-refractivity contribution in [1.29, 1.82) is 0 Å². The van der Waals surface area contributed by atoms with Gasteiger partial charge in [-0.15, -0.1) is 0 Å². The molecule has 1 aliphatic heterocycles. The molecule has 8 nitrogen and oxygen atoms in total. The van der Waals surface area contributed by atoms with Crippen LogP contribution in [0.2, 0.25) is 0 Å². The number of nitrogens with one attached hydrogen (secondary N) is 1. The molecule has 0 saturated heterocycles. The standard InChI is InChI=1S/C28H32BrF3N2O6/c1-26(2,3)40-22(36)13-14-27(25(37)33-17-28(30,31)32)23(20-7-4-5-8-21(20)29)39-24(34-27)18-9-11-19(12-10-18)38-16-6-15-35/h4-5,7-12,23,35H,6,13-17H2,1-3H3,(H,33,37)/t23-,27-/m1/s1. The number of hydrogen-bond donors (Lipinski definition) is 2. The molecule has 12 heteroatoms. The number of carbonyl (C=O) groups is 2. The molecule has 2 aromatic carbocycles. The summed E-state index contributed by atoms with van der Waals surface area (Å²) in [6, 6.07) is 13.4. The molecule has 1 amide bonds. The SMILES string of the molecule is CC(C)(C)OC(=O)CC[C@@]1(C(=O)NCC(F)(F)F)N=C(c2ccc(OCCCO)cc2)O[C@@H]1c1ccccc1Br. The summed E-state index contributed by atoms with van der Waals surface area (Å²) in [7, 11) is 0. The first-order valence-electron chi connectivity index (χ1n) is 12.7. The summed E-state index contributed by atoms with van der Waals surface area (Å²) in [4.78, 5) is 30.8. The zero-order valence-electron chi connectivity index (χ0n) is 22.4. The van der Waals surface area contributed by atoms with Gasteiger partial charge in [0.1, 0.15) is 17.9 Å². The number of aliphatic imine (C=N–C) groups is 1. The van der Waals surface area contributed by atoms with Crippen LogP contribution in [0.25, 0.3) is 0 Å². The first-order chi connectivity index (χ1) is 18.7. The molecular formula is C28H32BrF3N2O6. The second-order valence-electron chi connectivity index (χ2n) is 10.2. The molecule has 218 valence electrons. The Balaban J connectivity index is 2.04. The lowest BCUT2D eigenvalue weighted by Gasteiger charge is -2.31. The molecule has 2 atom stereocenters. The van der Waals surface area contributed by atoms with Gasteiger partial charge >= 0.3 is 12.1 Å². The van der Waals surface area contributed by atoms with E-state index in [-0.39, 0.29) is 25.3 Å². The number of carbonyl (C=O) groups excluding carboxylic acids is 2. The molecule has 0 fully saturated rings. The van der Waals surface area contributed by atoms with Crippen LogP contribution in [-0.4, -0.2) is 60.0 Å². The van der Waals surface area contributed by atoms with Crippen molar-refractivity contribution in [3.8, 4) is 5.75 Å². The Morgan fingerprint density at radius 3 is 2.40 bits per heavy atom. The van der Waals surface area contributed by atoms with E-state index in [4.69, 9.17) is 19.3 Å².